The van der Waals surface area contributed by atoms with Gasteiger partial charge in [-0.1, -0.05) is 18.2 Å². The molecule has 1 amide bonds. The first-order chi connectivity index (χ1) is 14.7. The van der Waals surface area contributed by atoms with Gasteiger partial charge in [0.05, 0.1) is 26.0 Å². The number of nitrogens with zero attached hydrogens (tertiary/aromatic N) is 5. The lowest BCUT2D eigenvalue weighted by Crippen LogP contribution is -2.50. The standard InChI is InChI=1S/C22H30N6O2/c1-30-22-15-23-14-20(25-22)27-11-9-26(10-12-27)17-21(29)24-13-18-7-8-28(16-18)19-5-3-2-4-6-19/h2-6,14-15,18H,7-13,16-17H2,1H3,(H,24,29). The minimum atomic E-state index is 0.114. The molecule has 30 heavy (non-hydrogen) atoms. The second-order valence-electron chi connectivity index (χ2n) is 7.92. The van der Waals surface area contributed by atoms with Crippen molar-refractivity contribution in [3.05, 3.63) is 42.7 Å². The summed E-state index contributed by atoms with van der Waals surface area (Å²) >= 11 is 0. The van der Waals surface area contributed by atoms with Crippen molar-refractivity contribution in [3.8, 4) is 5.88 Å². The number of carbonyl (C=O) groups excluding carboxylic acids is 1. The van der Waals surface area contributed by atoms with Gasteiger partial charge in [0.1, 0.15) is 0 Å². The molecule has 8 nitrogen and oxygen atoms in total. The van der Waals surface area contributed by atoms with Crippen LogP contribution in [0.2, 0.25) is 0 Å². The van der Waals surface area contributed by atoms with Crippen LogP contribution in [0.15, 0.2) is 42.7 Å². The van der Waals surface area contributed by atoms with Crippen LogP contribution in [-0.4, -0.2) is 80.2 Å². The second-order valence-corrected chi connectivity index (χ2v) is 7.92. The number of anilines is 2. The maximum Gasteiger partial charge on any atom is 0.234 e. The number of rotatable bonds is 7. The van der Waals surface area contributed by atoms with Crippen molar-refractivity contribution in [2.45, 2.75) is 6.42 Å². The van der Waals surface area contributed by atoms with E-state index in [2.05, 4.69) is 54.2 Å². The lowest BCUT2D eigenvalue weighted by atomic mass is 10.1. The first-order valence-corrected chi connectivity index (χ1v) is 10.6. The molecule has 0 spiro atoms. The summed E-state index contributed by atoms with van der Waals surface area (Å²) in [5.74, 6) is 1.97. The summed E-state index contributed by atoms with van der Waals surface area (Å²) in [6.45, 7) is 6.57. The topological polar surface area (TPSA) is 73.8 Å². The van der Waals surface area contributed by atoms with Gasteiger partial charge in [0.25, 0.3) is 0 Å². The maximum atomic E-state index is 12.4. The Kier molecular flexibility index (Phi) is 6.63. The third kappa shape index (κ3) is 5.18. The molecule has 2 saturated heterocycles. The highest BCUT2D eigenvalue weighted by Gasteiger charge is 2.24. The maximum absolute atomic E-state index is 12.4. The molecular weight excluding hydrogens is 380 g/mol. The number of benzene rings is 1. The number of nitrogens with one attached hydrogen (secondary N) is 1. The zero-order valence-corrected chi connectivity index (χ0v) is 17.5. The molecule has 1 unspecified atom stereocenters. The fourth-order valence-electron chi connectivity index (χ4n) is 4.11. The van der Waals surface area contributed by atoms with Crippen LogP contribution in [-0.2, 0) is 4.79 Å². The molecule has 0 bridgehead atoms. The number of hydrogen-bond acceptors (Lipinski definition) is 7. The number of para-hydroxylation sites is 1. The number of ether oxygens (including phenoxy) is 1. The molecule has 0 aliphatic carbocycles. The SMILES string of the molecule is COc1cncc(N2CCN(CC(=O)NCC3CCN(c4ccccc4)C3)CC2)n1. The molecule has 4 rings (SSSR count). The number of hydrogen-bond donors (Lipinski definition) is 1. The summed E-state index contributed by atoms with van der Waals surface area (Å²) in [7, 11) is 1.59. The Morgan fingerprint density at radius 3 is 2.67 bits per heavy atom. The molecule has 2 fully saturated rings. The van der Waals surface area contributed by atoms with E-state index in [1.54, 1.807) is 19.5 Å². The highest BCUT2D eigenvalue weighted by atomic mass is 16.5. The van der Waals surface area contributed by atoms with Crippen molar-refractivity contribution in [1.29, 1.82) is 0 Å². The van der Waals surface area contributed by atoms with E-state index in [4.69, 9.17) is 4.74 Å². The molecule has 1 atom stereocenters. The minimum absolute atomic E-state index is 0.114. The van der Waals surface area contributed by atoms with E-state index in [9.17, 15) is 4.79 Å². The van der Waals surface area contributed by atoms with Gasteiger partial charge in [-0.25, -0.2) is 0 Å². The third-order valence-electron chi connectivity index (χ3n) is 5.87. The number of amides is 1. The summed E-state index contributed by atoms with van der Waals surface area (Å²) in [6, 6.07) is 10.5. The van der Waals surface area contributed by atoms with E-state index < -0.39 is 0 Å². The van der Waals surface area contributed by atoms with Crippen LogP contribution < -0.4 is 19.9 Å². The number of carbonyl (C=O) groups is 1. The molecule has 2 aliphatic heterocycles. The smallest absolute Gasteiger partial charge is 0.234 e. The van der Waals surface area contributed by atoms with E-state index >= 15 is 0 Å². The van der Waals surface area contributed by atoms with Crippen molar-refractivity contribution < 1.29 is 9.53 Å². The van der Waals surface area contributed by atoms with Gasteiger partial charge < -0.3 is 19.9 Å². The van der Waals surface area contributed by atoms with E-state index in [0.29, 0.717) is 18.3 Å². The van der Waals surface area contributed by atoms with E-state index in [-0.39, 0.29) is 5.91 Å². The Morgan fingerprint density at radius 1 is 1.10 bits per heavy atom. The lowest BCUT2D eigenvalue weighted by molar-refractivity contribution is -0.122. The molecule has 2 aliphatic rings. The summed E-state index contributed by atoms with van der Waals surface area (Å²) in [5.41, 5.74) is 1.27. The van der Waals surface area contributed by atoms with Gasteiger partial charge in [-0.3, -0.25) is 14.7 Å². The first kappa shape index (κ1) is 20.4. The summed E-state index contributed by atoms with van der Waals surface area (Å²) in [5, 5.41) is 3.14. The summed E-state index contributed by atoms with van der Waals surface area (Å²) in [6.07, 6.45) is 4.48. The van der Waals surface area contributed by atoms with Gasteiger partial charge in [0, 0.05) is 51.5 Å². The average molecular weight is 411 g/mol. The molecule has 1 aromatic heterocycles. The molecule has 8 heteroatoms. The zero-order valence-electron chi connectivity index (χ0n) is 17.5. The molecule has 3 heterocycles. The van der Waals surface area contributed by atoms with Gasteiger partial charge in [0.2, 0.25) is 11.8 Å². The number of aromatic nitrogens is 2. The van der Waals surface area contributed by atoms with Gasteiger partial charge in [-0.2, -0.15) is 4.98 Å². The van der Waals surface area contributed by atoms with Crippen LogP contribution in [0.3, 0.4) is 0 Å². The number of piperazine rings is 1. The van der Waals surface area contributed by atoms with Crippen LogP contribution in [0.1, 0.15) is 6.42 Å². The minimum Gasteiger partial charge on any atom is -0.480 e. The second kappa shape index (κ2) is 9.75. The van der Waals surface area contributed by atoms with Crippen molar-refractivity contribution >= 4 is 17.4 Å². The largest absolute Gasteiger partial charge is 0.480 e. The molecule has 1 N–H and O–H groups in total. The van der Waals surface area contributed by atoms with Gasteiger partial charge in [-0.15, -0.1) is 0 Å². The van der Waals surface area contributed by atoms with E-state index in [1.807, 2.05) is 6.07 Å². The van der Waals surface area contributed by atoms with Crippen molar-refractivity contribution in [3.63, 3.8) is 0 Å². The Balaban J connectivity index is 1.17. The quantitative estimate of drug-likeness (QED) is 0.736. The normalized spacial score (nSPS) is 19.7. The molecule has 160 valence electrons. The van der Waals surface area contributed by atoms with Gasteiger partial charge in [-0.05, 0) is 24.5 Å². The summed E-state index contributed by atoms with van der Waals surface area (Å²) in [4.78, 5) is 27.8. The molecule has 1 aromatic carbocycles. The van der Waals surface area contributed by atoms with Gasteiger partial charge in [0.15, 0.2) is 5.82 Å². The van der Waals surface area contributed by atoms with Gasteiger partial charge >= 0.3 is 0 Å². The third-order valence-corrected chi connectivity index (χ3v) is 5.87. The Bertz CT molecular complexity index is 825. The Morgan fingerprint density at radius 2 is 1.90 bits per heavy atom. The van der Waals surface area contributed by atoms with Crippen molar-refractivity contribution in [2.75, 3.05) is 69.3 Å². The lowest BCUT2D eigenvalue weighted by Gasteiger charge is -2.34. The predicted molar refractivity (Wildman–Crippen MR) is 117 cm³/mol. The van der Waals surface area contributed by atoms with Crippen molar-refractivity contribution in [2.24, 2.45) is 5.92 Å². The summed E-state index contributed by atoms with van der Waals surface area (Å²) < 4.78 is 5.15. The zero-order chi connectivity index (χ0) is 20.8. The molecular formula is C22H30N6O2. The van der Waals surface area contributed by atoms with Crippen LogP contribution in [0, 0.1) is 5.92 Å². The first-order valence-electron chi connectivity index (χ1n) is 10.6. The van der Waals surface area contributed by atoms with Crippen LogP contribution in [0.5, 0.6) is 5.88 Å². The van der Waals surface area contributed by atoms with E-state index in [0.717, 1.165) is 58.1 Å². The fraction of sp³-hybridized carbons (Fsp3) is 0.500. The Labute approximate surface area is 177 Å². The number of methoxy groups -OCH3 is 1. The van der Waals surface area contributed by atoms with Crippen LogP contribution >= 0.6 is 0 Å². The fourth-order valence-corrected chi connectivity index (χ4v) is 4.11. The van der Waals surface area contributed by atoms with Crippen molar-refractivity contribution in [1.82, 2.24) is 20.2 Å². The molecule has 2 aromatic rings. The highest BCUT2D eigenvalue weighted by Crippen LogP contribution is 2.23. The molecule has 0 radical (unpaired) electrons. The Hall–Kier alpha value is -2.87. The highest BCUT2D eigenvalue weighted by molar-refractivity contribution is 5.78. The van der Waals surface area contributed by atoms with E-state index in [1.165, 1.54) is 5.69 Å². The van der Waals surface area contributed by atoms with Crippen LogP contribution in [0.4, 0.5) is 11.5 Å². The average Bonchev–Trinajstić information content (AvgIpc) is 3.28. The molecule has 0 saturated carbocycles. The predicted octanol–water partition coefficient (Wildman–Crippen LogP) is 1.25. The van der Waals surface area contributed by atoms with Crippen LogP contribution in [0.25, 0.3) is 0 Å². The monoisotopic (exact) mass is 410 g/mol.